The molecule has 9 heteroatoms. The van der Waals surface area contributed by atoms with Gasteiger partial charge in [-0.1, -0.05) is 11.8 Å². The summed E-state index contributed by atoms with van der Waals surface area (Å²) < 4.78 is 18.1. The lowest BCUT2D eigenvalue weighted by atomic mass is 10.2. The van der Waals surface area contributed by atoms with Crippen LogP contribution in [0.15, 0.2) is 47.6 Å². The maximum atomic E-state index is 12.4. The molecule has 0 saturated heterocycles. The molecule has 3 rings (SSSR count). The number of rotatable bonds is 10. The van der Waals surface area contributed by atoms with E-state index in [1.165, 1.54) is 11.8 Å². The van der Waals surface area contributed by atoms with Gasteiger partial charge in [-0.2, -0.15) is 0 Å². The van der Waals surface area contributed by atoms with Crippen molar-refractivity contribution in [3.8, 4) is 28.6 Å². The molecule has 0 saturated carbocycles. The molecule has 0 spiro atoms. The van der Waals surface area contributed by atoms with Crippen LogP contribution in [0.2, 0.25) is 0 Å². The van der Waals surface area contributed by atoms with Crippen molar-refractivity contribution in [2.24, 2.45) is 0 Å². The number of carbonyl (C=O) groups is 1. The Kier molecular flexibility index (Phi) is 7.77. The quantitative estimate of drug-likeness (QED) is 0.473. The monoisotopic (exact) mass is 442 g/mol. The van der Waals surface area contributed by atoms with Crippen molar-refractivity contribution < 1.29 is 19.0 Å². The number of hydrogen-bond donors (Lipinski definition) is 1. The van der Waals surface area contributed by atoms with E-state index >= 15 is 0 Å². The molecule has 0 aliphatic carbocycles. The molecule has 3 aromatic rings. The van der Waals surface area contributed by atoms with Crippen LogP contribution in [0.1, 0.15) is 13.8 Å². The minimum atomic E-state index is -0.121. The van der Waals surface area contributed by atoms with Gasteiger partial charge in [-0.05, 0) is 50.2 Å². The first-order chi connectivity index (χ1) is 15.1. The number of carbonyl (C=O) groups excluding carboxylic acids is 1. The molecule has 2 aromatic carbocycles. The summed E-state index contributed by atoms with van der Waals surface area (Å²) in [6.07, 6.45) is 0. The second kappa shape index (κ2) is 10.7. The molecule has 0 fully saturated rings. The number of benzene rings is 2. The third-order valence-electron chi connectivity index (χ3n) is 4.42. The van der Waals surface area contributed by atoms with Gasteiger partial charge < -0.3 is 24.1 Å². The zero-order valence-electron chi connectivity index (χ0n) is 18.0. The molecule has 31 heavy (non-hydrogen) atoms. The average Bonchev–Trinajstić information content (AvgIpc) is 3.21. The molecule has 1 amide bonds. The Balaban J connectivity index is 1.69. The van der Waals surface area contributed by atoms with Crippen molar-refractivity contribution in [1.82, 2.24) is 14.8 Å². The third-order valence-corrected chi connectivity index (χ3v) is 5.39. The Morgan fingerprint density at radius 1 is 1.00 bits per heavy atom. The van der Waals surface area contributed by atoms with Crippen molar-refractivity contribution in [2.75, 3.05) is 31.9 Å². The Morgan fingerprint density at radius 2 is 1.68 bits per heavy atom. The van der Waals surface area contributed by atoms with Crippen LogP contribution in [0.4, 0.5) is 5.69 Å². The van der Waals surface area contributed by atoms with E-state index in [-0.39, 0.29) is 11.7 Å². The molecule has 1 N–H and O–H groups in total. The Hall–Kier alpha value is -3.20. The minimum Gasteiger partial charge on any atom is -0.497 e. The maximum Gasteiger partial charge on any atom is 0.234 e. The number of amides is 1. The highest BCUT2D eigenvalue weighted by Gasteiger charge is 2.16. The van der Waals surface area contributed by atoms with Crippen LogP contribution >= 0.6 is 11.8 Å². The van der Waals surface area contributed by atoms with Crippen LogP contribution in [0.25, 0.3) is 11.4 Å². The van der Waals surface area contributed by atoms with Gasteiger partial charge in [-0.3, -0.25) is 4.79 Å². The van der Waals surface area contributed by atoms with E-state index in [1.807, 2.05) is 54.8 Å². The number of nitrogens with zero attached hydrogens (tertiary/aromatic N) is 3. The van der Waals surface area contributed by atoms with Crippen molar-refractivity contribution in [1.29, 1.82) is 0 Å². The lowest BCUT2D eigenvalue weighted by Gasteiger charge is -2.10. The fourth-order valence-electron chi connectivity index (χ4n) is 2.96. The highest BCUT2D eigenvalue weighted by atomic mass is 32.2. The van der Waals surface area contributed by atoms with Crippen molar-refractivity contribution in [3.63, 3.8) is 0 Å². The summed E-state index contributed by atoms with van der Waals surface area (Å²) in [5.41, 5.74) is 1.55. The van der Waals surface area contributed by atoms with E-state index in [9.17, 15) is 4.79 Å². The second-order valence-electron chi connectivity index (χ2n) is 6.45. The summed E-state index contributed by atoms with van der Waals surface area (Å²) in [5.74, 6) is 2.89. The van der Waals surface area contributed by atoms with Gasteiger partial charge in [0.25, 0.3) is 0 Å². The first kappa shape index (κ1) is 22.5. The summed E-state index contributed by atoms with van der Waals surface area (Å²) in [6, 6.07) is 12.9. The first-order valence-electron chi connectivity index (χ1n) is 9.90. The van der Waals surface area contributed by atoms with Gasteiger partial charge in [0.1, 0.15) is 17.2 Å². The third kappa shape index (κ3) is 5.69. The number of ether oxygens (including phenoxy) is 3. The van der Waals surface area contributed by atoms with Gasteiger partial charge in [0.2, 0.25) is 5.91 Å². The number of anilines is 1. The van der Waals surface area contributed by atoms with Gasteiger partial charge in [0, 0.05) is 23.9 Å². The molecule has 0 atom stereocenters. The summed E-state index contributed by atoms with van der Waals surface area (Å²) in [5, 5.41) is 12.2. The normalized spacial score (nSPS) is 10.6. The molecule has 8 nitrogen and oxygen atoms in total. The zero-order valence-corrected chi connectivity index (χ0v) is 18.9. The number of nitrogens with one attached hydrogen (secondary N) is 1. The number of hydrogen-bond acceptors (Lipinski definition) is 7. The van der Waals surface area contributed by atoms with Crippen molar-refractivity contribution >= 4 is 23.4 Å². The molecule has 1 heterocycles. The second-order valence-corrected chi connectivity index (χ2v) is 7.39. The number of thioether (sulfide) groups is 1. The van der Waals surface area contributed by atoms with E-state index in [2.05, 4.69) is 15.5 Å². The lowest BCUT2D eigenvalue weighted by Crippen LogP contribution is -2.14. The van der Waals surface area contributed by atoms with E-state index in [0.29, 0.717) is 35.6 Å². The lowest BCUT2D eigenvalue weighted by molar-refractivity contribution is -0.113. The number of aromatic nitrogens is 3. The Labute approximate surface area is 185 Å². The van der Waals surface area contributed by atoms with Crippen LogP contribution in [0.5, 0.6) is 17.2 Å². The summed E-state index contributed by atoms with van der Waals surface area (Å²) >= 11 is 1.34. The number of methoxy groups -OCH3 is 2. The topological polar surface area (TPSA) is 87.5 Å². The standard InChI is InChI=1S/C22H26N4O4S/c1-5-26-21(15-11-18(28-3)13-19(12-15)29-4)24-25-22(26)31-14-20(27)23-16-7-9-17(10-8-16)30-6-2/h7-13H,5-6,14H2,1-4H3,(H,23,27). The summed E-state index contributed by atoms with van der Waals surface area (Å²) in [6.45, 7) is 5.20. The smallest absolute Gasteiger partial charge is 0.234 e. The predicted molar refractivity (Wildman–Crippen MR) is 121 cm³/mol. The highest BCUT2D eigenvalue weighted by molar-refractivity contribution is 7.99. The first-order valence-corrected chi connectivity index (χ1v) is 10.9. The van der Waals surface area contributed by atoms with E-state index in [1.54, 1.807) is 20.3 Å². The Morgan fingerprint density at radius 3 is 2.26 bits per heavy atom. The van der Waals surface area contributed by atoms with Gasteiger partial charge >= 0.3 is 0 Å². The predicted octanol–water partition coefficient (Wildman–Crippen LogP) is 4.11. The van der Waals surface area contributed by atoms with Crippen molar-refractivity contribution in [2.45, 2.75) is 25.5 Å². The molecular weight excluding hydrogens is 416 g/mol. The van der Waals surface area contributed by atoms with Crippen LogP contribution in [0, 0.1) is 0 Å². The molecular formula is C22H26N4O4S. The summed E-state index contributed by atoms with van der Waals surface area (Å²) in [7, 11) is 3.21. The van der Waals surface area contributed by atoms with Gasteiger partial charge in [-0.25, -0.2) is 0 Å². The van der Waals surface area contributed by atoms with Crippen molar-refractivity contribution in [3.05, 3.63) is 42.5 Å². The van der Waals surface area contributed by atoms with Crippen LogP contribution in [-0.2, 0) is 11.3 Å². The van der Waals surface area contributed by atoms with Crippen LogP contribution in [-0.4, -0.2) is 47.3 Å². The fraction of sp³-hybridized carbons (Fsp3) is 0.318. The fourth-order valence-corrected chi connectivity index (χ4v) is 3.76. The minimum absolute atomic E-state index is 0.121. The molecule has 164 valence electrons. The van der Waals surface area contributed by atoms with E-state index in [4.69, 9.17) is 14.2 Å². The van der Waals surface area contributed by atoms with E-state index in [0.717, 1.165) is 17.0 Å². The molecule has 0 aliphatic heterocycles. The highest BCUT2D eigenvalue weighted by Crippen LogP contribution is 2.31. The SMILES string of the molecule is CCOc1ccc(NC(=O)CSc2nnc(-c3cc(OC)cc(OC)c3)n2CC)cc1. The molecule has 1 aromatic heterocycles. The maximum absolute atomic E-state index is 12.4. The molecule has 0 bridgehead atoms. The summed E-state index contributed by atoms with van der Waals surface area (Å²) in [4.78, 5) is 12.4. The van der Waals surface area contributed by atoms with Gasteiger partial charge in [-0.15, -0.1) is 10.2 Å². The van der Waals surface area contributed by atoms with Gasteiger partial charge in [0.15, 0.2) is 11.0 Å². The zero-order chi connectivity index (χ0) is 22.2. The largest absolute Gasteiger partial charge is 0.497 e. The van der Waals surface area contributed by atoms with Crippen LogP contribution in [0.3, 0.4) is 0 Å². The van der Waals surface area contributed by atoms with Gasteiger partial charge in [0.05, 0.1) is 26.6 Å². The molecule has 0 aliphatic rings. The Bertz CT molecular complexity index is 999. The molecule has 0 radical (unpaired) electrons. The van der Waals surface area contributed by atoms with Crippen LogP contribution < -0.4 is 19.5 Å². The average molecular weight is 443 g/mol. The molecule has 0 unspecified atom stereocenters. The van der Waals surface area contributed by atoms with E-state index < -0.39 is 0 Å².